The van der Waals surface area contributed by atoms with Crippen molar-refractivity contribution >= 4 is 23.2 Å². The standard InChI is InChI=1S/C19H18ClN3O/c20-17-7-4-15(5-8-17)6-9-19(24)22-18-3-1-2-16(12-18)13-23-11-10-21-14-23/h1-5,7-8,10-12,14H,6,9,13H2,(H,22,24). The van der Waals surface area contributed by atoms with Crippen LogP contribution in [0.5, 0.6) is 0 Å². The molecule has 24 heavy (non-hydrogen) atoms. The van der Waals surface area contributed by atoms with Crippen LogP contribution in [0.2, 0.25) is 5.02 Å². The zero-order valence-electron chi connectivity index (χ0n) is 13.2. The number of nitrogens with zero attached hydrogens (tertiary/aromatic N) is 2. The first-order valence-corrected chi connectivity index (χ1v) is 8.16. The summed E-state index contributed by atoms with van der Waals surface area (Å²) in [5.74, 6) is 0.00438. The van der Waals surface area contributed by atoms with Gasteiger partial charge in [0.25, 0.3) is 0 Å². The zero-order valence-corrected chi connectivity index (χ0v) is 13.9. The maximum absolute atomic E-state index is 12.1. The molecule has 122 valence electrons. The SMILES string of the molecule is O=C(CCc1ccc(Cl)cc1)Nc1cccc(Cn2ccnc2)c1. The number of hydrogen-bond donors (Lipinski definition) is 1. The van der Waals surface area contributed by atoms with Gasteiger partial charge in [-0.15, -0.1) is 0 Å². The number of rotatable bonds is 6. The van der Waals surface area contributed by atoms with Gasteiger partial charge in [0, 0.05) is 36.1 Å². The van der Waals surface area contributed by atoms with E-state index in [1.54, 1.807) is 12.5 Å². The molecule has 5 heteroatoms. The number of benzene rings is 2. The van der Waals surface area contributed by atoms with Crippen LogP contribution in [0.3, 0.4) is 0 Å². The van der Waals surface area contributed by atoms with Crippen LogP contribution in [0.4, 0.5) is 5.69 Å². The lowest BCUT2D eigenvalue weighted by molar-refractivity contribution is -0.116. The molecule has 1 N–H and O–H groups in total. The summed E-state index contributed by atoms with van der Waals surface area (Å²) in [6, 6.07) is 15.4. The van der Waals surface area contributed by atoms with Gasteiger partial charge < -0.3 is 9.88 Å². The van der Waals surface area contributed by atoms with E-state index in [0.717, 1.165) is 23.4 Å². The highest BCUT2D eigenvalue weighted by atomic mass is 35.5. The molecule has 1 heterocycles. The second-order valence-electron chi connectivity index (χ2n) is 5.61. The summed E-state index contributed by atoms with van der Waals surface area (Å²) in [6.07, 6.45) is 6.57. The molecule has 2 aromatic carbocycles. The molecule has 4 nitrogen and oxygen atoms in total. The molecular weight excluding hydrogens is 322 g/mol. The van der Waals surface area contributed by atoms with E-state index in [1.165, 1.54) is 0 Å². The summed E-state index contributed by atoms with van der Waals surface area (Å²) in [4.78, 5) is 16.2. The van der Waals surface area contributed by atoms with Gasteiger partial charge in [0.1, 0.15) is 0 Å². The van der Waals surface area contributed by atoms with Crippen molar-refractivity contribution in [2.75, 3.05) is 5.32 Å². The number of carbonyl (C=O) groups is 1. The van der Waals surface area contributed by atoms with Crippen molar-refractivity contribution in [3.8, 4) is 0 Å². The van der Waals surface area contributed by atoms with E-state index >= 15 is 0 Å². The third-order valence-electron chi connectivity index (χ3n) is 3.69. The number of carbonyl (C=O) groups excluding carboxylic acids is 1. The van der Waals surface area contributed by atoms with Crippen molar-refractivity contribution in [1.82, 2.24) is 9.55 Å². The van der Waals surface area contributed by atoms with Crippen molar-refractivity contribution in [3.63, 3.8) is 0 Å². The summed E-state index contributed by atoms with van der Waals surface area (Å²) < 4.78 is 1.99. The highest BCUT2D eigenvalue weighted by Gasteiger charge is 2.04. The molecule has 0 spiro atoms. The molecule has 0 aliphatic rings. The van der Waals surface area contributed by atoms with Gasteiger partial charge in [-0.3, -0.25) is 4.79 Å². The maximum atomic E-state index is 12.1. The van der Waals surface area contributed by atoms with Crippen LogP contribution in [-0.2, 0) is 17.8 Å². The lowest BCUT2D eigenvalue weighted by atomic mass is 10.1. The fourth-order valence-corrected chi connectivity index (χ4v) is 2.60. The van der Waals surface area contributed by atoms with E-state index in [0.29, 0.717) is 17.9 Å². The third-order valence-corrected chi connectivity index (χ3v) is 3.94. The topological polar surface area (TPSA) is 46.9 Å². The van der Waals surface area contributed by atoms with Crippen molar-refractivity contribution in [1.29, 1.82) is 0 Å². The highest BCUT2D eigenvalue weighted by molar-refractivity contribution is 6.30. The van der Waals surface area contributed by atoms with E-state index < -0.39 is 0 Å². The molecule has 0 radical (unpaired) electrons. The number of amides is 1. The van der Waals surface area contributed by atoms with Gasteiger partial charge >= 0.3 is 0 Å². The average Bonchev–Trinajstić information content (AvgIpc) is 3.08. The Balaban J connectivity index is 1.55. The first kappa shape index (κ1) is 16.3. The molecule has 0 saturated heterocycles. The average molecular weight is 340 g/mol. The van der Waals surface area contributed by atoms with Crippen LogP contribution in [0.25, 0.3) is 0 Å². The van der Waals surface area contributed by atoms with Gasteiger partial charge in [0.15, 0.2) is 0 Å². The summed E-state index contributed by atoms with van der Waals surface area (Å²) in [6.45, 7) is 0.731. The van der Waals surface area contributed by atoms with Crippen LogP contribution in [0.1, 0.15) is 17.5 Å². The summed E-state index contributed by atoms with van der Waals surface area (Å²) in [7, 11) is 0. The lowest BCUT2D eigenvalue weighted by Crippen LogP contribution is -2.12. The Morgan fingerprint density at radius 3 is 2.71 bits per heavy atom. The molecule has 3 rings (SSSR count). The van der Waals surface area contributed by atoms with E-state index in [4.69, 9.17) is 11.6 Å². The van der Waals surface area contributed by atoms with Gasteiger partial charge in [-0.25, -0.2) is 4.98 Å². The molecule has 1 amide bonds. The largest absolute Gasteiger partial charge is 0.333 e. The molecule has 0 fully saturated rings. The van der Waals surface area contributed by atoms with Gasteiger partial charge in [0.05, 0.1) is 6.33 Å². The molecule has 0 unspecified atom stereocenters. The first-order chi connectivity index (χ1) is 11.7. The minimum Gasteiger partial charge on any atom is -0.333 e. The van der Waals surface area contributed by atoms with Crippen molar-refractivity contribution in [3.05, 3.63) is 83.4 Å². The van der Waals surface area contributed by atoms with Gasteiger partial charge in [-0.1, -0.05) is 35.9 Å². The van der Waals surface area contributed by atoms with E-state index in [2.05, 4.69) is 10.3 Å². The van der Waals surface area contributed by atoms with E-state index in [1.807, 2.05) is 59.3 Å². The second-order valence-corrected chi connectivity index (χ2v) is 6.05. The number of nitrogens with one attached hydrogen (secondary N) is 1. The van der Waals surface area contributed by atoms with Crippen LogP contribution >= 0.6 is 11.6 Å². The molecule has 0 atom stereocenters. The number of halogens is 1. The Morgan fingerprint density at radius 1 is 1.12 bits per heavy atom. The minimum absolute atomic E-state index is 0.00438. The number of aromatic nitrogens is 2. The number of anilines is 1. The first-order valence-electron chi connectivity index (χ1n) is 7.78. The Labute approximate surface area is 146 Å². The number of imidazole rings is 1. The monoisotopic (exact) mass is 339 g/mol. The van der Waals surface area contributed by atoms with Gasteiger partial charge in [0.2, 0.25) is 5.91 Å². The molecule has 3 aromatic rings. The Bertz CT molecular complexity index is 798. The van der Waals surface area contributed by atoms with E-state index in [-0.39, 0.29) is 5.91 Å². The minimum atomic E-state index is 0.00438. The predicted molar refractivity (Wildman–Crippen MR) is 96.2 cm³/mol. The van der Waals surface area contributed by atoms with E-state index in [9.17, 15) is 4.79 Å². The fraction of sp³-hybridized carbons (Fsp3) is 0.158. The van der Waals surface area contributed by atoms with Crippen LogP contribution in [0.15, 0.2) is 67.3 Å². The summed E-state index contributed by atoms with van der Waals surface area (Å²) in [5.41, 5.74) is 3.03. The van der Waals surface area contributed by atoms with Crippen LogP contribution < -0.4 is 5.32 Å². The van der Waals surface area contributed by atoms with Gasteiger partial charge in [-0.2, -0.15) is 0 Å². The fourth-order valence-electron chi connectivity index (χ4n) is 2.47. The van der Waals surface area contributed by atoms with Crippen LogP contribution in [0, 0.1) is 0 Å². The number of aryl methyl sites for hydroxylation is 1. The predicted octanol–water partition coefficient (Wildman–Crippen LogP) is 4.16. The van der Waals surface area contributed by atoms with Gasteiger partial charge in [-0.05, 0) is 41.8 Å². The Morgan fingerprint density at radius 2 is 1.96 bits per heavy atom. The summed E-state index contributed by atoms with van der Waals surface area (Å²) >= 11 is 5.86. The van der Waals surface area contributed by atoms with Crippen molar-refractivity contribution in [2.45, 2.75) is 19.4 Å². The number of hydrogen-bond acceptors (Lipinski definition) is 2. The molecule has 1 aromatic heterocycles. The Hall–Kier alpha value is -2.59. The quantitative estimate of drug-likeness (QED) is 0.733. The molecule has 0 aliphatic carbocycles. The highest BCUT2D eigenvalue weighted by Crippen LogP contribution is 2.14. The zero-order chi connectivity index (χ0) is 16.8. The summed E-state index contributed by atoms with van der Waals surface area (Å²) in [5, 5.41) is 3.66. The maximum Gasteiger partial charge on any atom is 0.224 e. The molecular formula is C19H18ClN3O. The molecule has 0 bridgehead atoms. The van der Waals surface area contributed by atoms with Crippen LogP contribution in [-0.4, -0.2) is 15.5 Å². The van der Waals surface area contributed by atoms with Crippen molar-refractivity contribution in [2.24, 2.45) is 0 Å². The lowest BCUT2D eigenvalue weighted by Gasteiger charge is -2.08. The Kier molecular flexibility index (Phi) is 5.29. The normalized spacial score (nSPS) is 10.5. The molecule has 0 saturated carbocycles. The molecule has 0 aliphatic heterocycles. The third kappa shape index (κ3) is 4.70. The second kappa shape index (κ2) is 7.79. The van der Waals surface area contributed by atoms with Crippen molar-refractivity contribution < 1.29 is 4.79 Å². The smallest absolute Gasteiger partial charge is 0.224 e.